The van der Waals surface area contributed by atoms with Gasteiger partial charge in [-0.25, -0.2) is 9.18 Å². The van der Waals surface area contributed by atoms with Gasteiger partial charge in [0, 0.05) is 28.8 Å². The Morgan fingerprint density at radius 3 is 2.31 bits per heavy atom. The molecule has 0 unspecified atom stereocenters. The number of anilines is 2. The fourth-order valence-electron chi connectivity index (χ4n) is 2.01. The third-order valence-electron chi connectivity index (χ3n) is 3.26. The topological polar surface area (TPSA) is 113 Å². The van der Waals surface area contributed by atoms with Crippen molar-refractivity contribution in [3.63, 3.8) is 0 Å². The number of primary amides is 1. The fraction of sp³-hybridized carbons (Fsp3) is 0.118. The SMILES string of the molecule is NC(=O)c1cc(NC(=O)CCNC(=O)Nc2ccc(Br)cc2)ccc1F. The highest BCUT2D eigenvalue weighted by Gasteiger charge is 2.11. The molecular weight excluding hydrogens is 407 g/mol. The predicted molar refractivity (Wildman–Crippen MR) is 99.3 cm³/mol. The van der Waals surface area contributed by atoms with E-state index in [1.807, 2.05) is 0 Å². The predicted octanol–water partition coefficient (Wildman–Crippen LogP) is 2.84. The van der Waals surface area contributed by atoms with Crippen molar-refractivity contribution in [2.75, 3.05) is 17.2 Å². The summed E-state index contributed by atoms with van der Waals surface area (Å²) in [5.41, 5.74) is 5.59. The number of halogens is 2. The minimum absolute atomic E-state index is 0.00294. The molecule has 0 saturated carbocycles. The molecule has 2 aromatic carbocycles. The first kappa shape index (κ1) is 19.4. The highest BCUT2D eigenvalue weighted by Crippen LogP contribution is 2.15. The quantitative estimate of drug-likeness (QED) is 0.573. The minimum atomic E-state index is -0.926. The number of nitrogens with two attached hydrogens (primary N) is 1. The molecule has 0 saturated heterocycles. The van der Waals surface area contributed by atoms with Crippen LogP contribution in [0.3, 0.4) is 0 Å². The summed E-state index contributed by atoms with van der Waals surface area (Å²) < 4.78 is 14.3. The molecule has 2 aromatic rings. The van der Waals surface area contributed by atoms with Crippen LogP contribution in [0, 0.1) is 5.82 Å². The van der Waals surface area contributed by atoms with E-state index >= 15 is 0 Å². The smallest absolute Gasteiger partial charge is 0.319 e. The van der Waals surface area contributed by atoms with Crippen molar-refractivity contribution in [2.24, 2.45) is 5.73 Å². The molecule has 2 rings (SSSR count). The molecular formula is C17H16BrFN4O3. The van der Waals surface area contributed by atoms with Gasteiger partial charge in [0.25, 0.3) is 5.91 Å². The van der Waals surface area contributed by atoms with Crippen LogP contribution in [0.5, 0.6) is 0 Å². The molecule has 0 aromatic heterocycles. The Bertz CT molecular complexity index is 827. The molecule has 26 heavy (non-hydrogen) atoms. The van der Waals surface area contributed by atoms with Crippen LogP contribution in [0.25, 0.3) is 0 Å². The first-order chi connectivity index (χ1) is 12.3. The third kappa shape index (κ3) is 5.85. The van der Waals surface area contributed by atoms with E-state index in [0.717, 1.165) is 16.6 Å². The molecule has 0 bridgehead atoms. The number of benzene rings is 2. The van der Waals surface area contributed by atoms with E-state index in [9.17, 15) is 18.8 Å². The Kier molecular flexibility index (Phi) is 6.67. The van der Waals surface area contributed by atoms with Gasteiger partial charge in [-0.3, -0.25) is 9.59 Å². The molecule has 0 aliphatic carbocycles. The van der Waals surface area contributed by atoms with Crippen LogP contribution >= 0.6 is 15.9 Å². The zero-order valence-electron chi connectivity index (χ0n) is 13.5. The van der Waals surface area contributed by atoms with E-state index in [2.05, 4.69) is 31.9 Å². The maximum absolute atomic E-state index is 13.4. The average molecular weight is 423 g/mol. The summed E-state index contributed by atoms with van der Waals surface area (Å²) in [7, 11) is 0. The first-order valence-corrected chi connectivity index (χ1v) is 8.34. The third-order valence-corrected chi connectivity index (χ3v) is 3.78. The summed E-state index contributed by atoms with van der Waals surface area (Å²) in [6.45, 7) is 0.0953. The monoisotopic (exact) mass is 422 g/mol. The van der Waals surface area contributed by atoms with E-state index in [-0.39, 0.29) is 24.2 Å². The van der Waals surface area contributed by atoms with E-state index in [1.165, 1.54) is 6.07 Å². The van der Waals surface area contributed by atoms with Gasteiger partial charge in [0.05, 0.1) is 5.56 Å². The summed E-state index contributed by atoms with van der Waals surface area (Å²) in [5.74, 6) is -2.09. The second kappa shape index (κ2) is 8.95. The number of carbonyl (C=O) groups is 3. The number of hydrogen-bond donors (Lipinski definition) is 4. The van der Waals surface area contributed by atoms with Crippen molar-refractivity contribution in [3.05, 3.63) is 58.3 Å². The van der Waals surface area contributed by atoms with Gasteiger partial charge < -0.3 is 21.7 Å². The Balaban J connectivity index is 1.78. The Labute approximate surface area is 157 Å². The van der Waals surface area contributed by atoms with Crippen LogP contribution < -0.4 is 21.7 Å². The van der Waals surface area contributed by atoms with Gasteiger partial charge in [0.1, 0.15) is 5.82 Å². The van der Waals surface area contributed by atoms with Crippen molar-refractivity contribution in [3.8, 4) is 0 Å². The maximum Gasteiger partial charge on any atom is 0.319 e. The second-order valence-corrected chi connectivity index (χ2v) is 6.16. The van der Waals surface area contributed by atoms with Crippen molar-refractivity contribution in [1.82, 2.24) is 5.32 Å². The lowest BCUT2D eigenvalue weighted by Crippen LogP contribution is -2.31. The number of carbonyl (C=O) groups excluding carboxylic acids is 3. The van der Waals surface area contributed by atoms with Crippen LogP contribution in [0.15, 0.2) is 46.9 Å². The Morgan fingerprint density at radius 1 is 1.00 bits per heavy atom. The van der Waals surface area contributed by atoms with Crippen molar-refractivity contribution < 1.29 is 18.8 Å². The van der Waals surface area contributed by atoms with Gasteiger partial charge in [-0.2, -0.15) is 0 Å². The molecule has 0 radical (unpaired) electrons. The van der Waals surface area contributed by atoms with Crippen molar-refractivity contribution >= 4 is 45.2 Å². The molecule has 0 fully saturated rings. The van der Waals surface area contributed by atoms with Crippen LogP contribution in [-0.4, -0.2) is 24.4 Å². The second-order valence-electron chi connectivity index (χ2n) is 5.24. The highest BCUT2D eigenvalue weighted by molar-refractivity contribution is 9.10. The Morgan fingerprint density at radius 2 is 1.65 bits per heavy atom. The van der Waals surface area contributed by atoms with E-state index in [1.54, 1.807) is 24.3 Å². The molecule has 0 aliphatic rings. The minimum Gasteiger partial charge on any atom is -0.366 e. The van der Waals surface area contributed by atoms with Crippen LogP contribution in [-0.2, 0) is 4.79 Å². The van der Waals surface area contributed by atoms with Gasteiger partial charge in [0.2, 0.25) is 5.91 Å². The first-order valence-electron chi connectivity index (χ1n) is 7.55. The molecule has 0 heterocycles. The van der Waals surface area contributed by atoms with Gasteiger partial charge in [-0.05, 0) is 42.5 Å². The van der Waals surface area contributed by atoms with E-state index < -0.39 is 23.7 Å². The average Bonchev–Trinajstić information content (AvgIpc) is 2.58. The molecule has 9 heteroatoms. The maximum atomic E-state index is 13.4. The van der Waals surface area contributed by atoms with Crippen molar-refractivity contribution in [2.45, 2.75) is 6.42 Å². The lowest BCUT2D eigenvalue weighted by molar-refractivity contribution is -0.116. The van der Waals surface area contributed by atoms with Crippen LogP contribution in [0.2, 0.25) is 0 Å². The van der Waals surface area contributed by atoms with Crippen LogP contribution in [0.1, 0.15) is 16.8 Å². The van der Waals surface area contributed by atoms with Crippen LogP contribution in [0.4, 0.5) is 20.6 Å². The molecule has 0 atom stereocenters. The molecule has 4 amide bonds. The zero-order chi connectivity index (χ0) is 19.1. The summed E-state index contributed by atoms with van der Waals surface area (Å²) in [5, 5.41) is 7.67. The standard InChI is InChI=1S/C17H16BrFN4O3/c18-10-1-3-11(4-2-10)23-17(26)21-8-7-15(24)22-12-5-6-14(19)13(9-12)16(20)25/h1-6,9H,7-8H2,(H2,20,25)(H,22,24)(H2,21,23,26). The molecule has 0 aliphatic heterocycles. The molecule has 136 valence electrons. The number of nitrogens with one attached hydrogen (secondary N) is 3. The highest BCUT2D eigenvalue weighted by atomic mass is 79.9. The lowest BCUT2D eigenvalue weighted by Gasteiger charge is -2.09. The summed E-state index contributed by atoms with van der Waals surface area (Å²) >= 11 is 3.29. The normalized spacial score (nSPS) is 10.1. The largest absolute Gasteiger partial charge is 0.366 e. The molecule has 5 N–H and O–H groups in total. The number of rotatable bonds is 6. The molecule has 0 spiro atoms. The zero-order valence-corrected chi connectivity index (χ0v) is 15.1. The summed E-state index contributed by atoms with van der Waals surface area (Å²) in [6, 6.07) is 10.1. The van der Waals surface area contributed by atoms with E-state index in [0.29, 0.717) is 5.69 Å². The lowest BCUT2D eigenvalue weighted by atomic mass is 10.1. The van der Waals surface area contributed by atoms with Crippen molar-refractivity contribution in [1.29, 1.82) is 0 Å². The molecule has 7 nitrogen and oxygen atoms in total. The van der Waals surface area contributed by atoms with Gasteiger partial charge in [-0.1, -0.05) is 15.9 Å². The van der Waals surface area contributed by atoms with E-state index in [4.69, 9.17) is 5.73 Å². The Hall–Kier alpha value is -2.94. The van der Waals surface area contributed by atoms with Gasteiger partial charge >= 0.3 is 6.03 Å². The number of urea groups is 1. The number of hydrogen-bond acceptors (Lipinski definition) is 3. The number of amides is 4. The summed E-state index contributed by atoms with van der Waals surface area (Å²) in [4.78, 5) is 34.7. The van der Waals surface area contributed by atoms with Gasteiger partial charge in [0.15, 0.2) is 0 Å². The summed E-state index contributed by atoms with van der Waals surface area (Å²) in [6.07, 6.45) is -0.00294. The fourth-order valence-corrected chi connectivity index (χ4v) is 2.28. The van der Waals surface area contributed by atoms with Gasteiger partial charge in [-0.15, -0.1) is 0 Å².